The minimum atomic E-state index is -0.233. The van der Waals surface area contributed by atoms with Crippen LogP contribution >= 0.6 is 23.4 Å². The SMILES string of the molecule is CC1CC(=O)NC(SCC(=O)Nc2ccccc2Cl)N1. The molecule has 1 fully saturated rings. The lowest BCUT2D eigenvalue weighted by Crippen LogP contribution is -2.53. The third kappa shape index (κ3) is 4.40. The lowest BCUT2D eigenvalue weighted by molar-refractivity contribution is -0.123. The van der Waals surface area contributed by atoms with Crippen LogP contribution < -0.4 is 16.0 Å². The number of nitrogens with one attached hydrogen (secondary N) is 3. The molecule has 2 amide bonds. The van der Waals surface area contributed by atoms with E-state index in [1.807, 2.05) is 6.92 Å². The molecule has 0 aromatic heterocycles. The summed E-state index contributed by atoms with van der Waals surface area (Å²) in [5, 5.41) is 9.23. The molecular formula is C13H16ClN3O2S. The number of para-hydroxylation sites is 1. The molecule has 2 atom stereocenters. The lowest BCUT2D eigenvalue weighted by Gasteiger charge is -2.28. The average molecular weight is 314 g/mol. The number of anilines is 1. The number of hydrogen-bond acceptors (Lipinski definition) is 4. The van der Waals surface area contributed by atoms with Gasteiger partial charge in [0.05, 0.1) is 16.5 Å². The van der Waals surface area contributed by atoms with Crippen molar-refractivity contribution in [3.8, 4) is 0 Å². The molecular weight excluding hydrogens is 298 g/mol. The van der Waals surface area contributed by atoms with Crippen LogP contribution in [0.3, 0.4) is 0 Å². The van der Waals surface area contributed by atoms with E-state index >= 15 is 0 Å². The van der Waals surface area contributed by atoms with E-state index in [2.05, 4.69) is 16.0 Å². The van der Waals surface area contributed by atoms with E-state index in [4.69, 9.17) is 11.6 Å². The van der Waals surface area contributed by atoms with Crippen molar-refractivity contribution < 1.29 is 9.59 Å². The van der Waals surface area contributed by atoms with Gasteiger partial charge in [-0.3, -0.25) is 14.9 Å². The maximum atomic E-state index is 11.8. The van der Waals surface area contributed by atoms with E-state index in [-0.39, 0.29) is 29.1 Å². The van der Waals surface area contributed by atoms with Gasteiger partial charge < -0.3 is 10.6 Å². The first kappa shape index (κ1) is 15.2. The highest BCUT2D eigenvalue weighted by molar-refractivity contribution is 8.00. The van der Waals surface area contributed by atoms with Crippen molar-refractivity contribution in [3.05, 3.63) is 29.3 Å². The summed E-state index contributed by atoms with van der Waals surface area (Å²) in [6.45, 7) is 1.94. The van der Waals surface area contributed by atoms with E-state index in [1.165, 1.54) is 11.8 Å². The molecule has 3 N–H and O–H groups in total. The first-order valence-electron chi connectivity index (χ1n) is 6.26. The number of thioether (sulfide) groups is 1. The van der Waals surface area contributed by atoms with Crippen molar-refractivity contribution in [1.82, 2.24) is 10.6 Å². The first-order valence-corrected chi connectivity index (χ1v) is 7.68. The number of carbonyl (C=O) groups excluding carboxylic acids is 2. The maximum Gasteiger partial charge on any atom is 0.234 e. The van der Waals surface area contributed by atoms with Crippen LogP contribution in [0.4, 0.5) is 5.69 Å². The predicted octanol–water partition coefficient (Wildman–Crippen LogP) is 1.79. The Balaban J connectivity index is 1.81. The van der Waals surface area contributed by atoms with E-state index in [0.717, 1.165) is 0 Å². The third-order valence-corrected chi connectivity index (χ3v) is 4.09. The summed E-state index contributed by atoms with van der Waals surface area (Å²) >= 11 is 7.30. The molecule has 1 saturated heterocycles. The van der Waals surface area contributed by atoms with E-state index in [1.54, 1.807) is 24.3 Å². The molecule has 108 valence electrons. The molecule has 0 bridgehead atoms. The summed E-state index contributed by atoms with van der Waals surface area (Å²) in [7, 11) is 0. The lowest BCUT2D eigenvalue weighted by atomic mass is 10.2. The van der Waals surface area contributed by atoms with Crippen LogP contribution in [0.1, 0.15) is 13.3 Å². The molecule has 7 heteroatoms. The van der Waals surface area contributed by atoms with Crippen molar-refractivity contribution in [1.29, 1.82) is 0 Å². The normalized spacial score (nSPS) is 22.2. The molecule has 0 aliphatic carbocycles. The van der Waals surface area contributed by atoms with Crippen molar-refractivity contribution in [2.75, 3.05) is 11.1 Å². The van der Waals surface area contributed by atoms with Gasteiger partial charge in [-0.25, -0.2) is 0 Å². The van der Waals surface area contributed by atoms with Gasteiger partial charge in [0.1, 0.15) is 5.50 Å². The Labute approximate surface area is 126 Å². The molecule has 0 radical (unpaired) electrons. The molecule has 2 unspecified atom stereocenters. The Bertz CT molecular complexity index is 512. The number of halogens is 1. The molecule has 20 heavy (non-hydrogen) atoms. The van der Waals surface area contributed by atoms with Crippen LogP contribution in [-0.2, 0) is 9.59 Å². The standard InChI is InChI=1S/C13H16ClN3O2S/c1-8-6-11(18)17-13(15-8)20-7-12(19)16-10-5-3-2-4-9(10)14/h2-5,8,13,15H,6-7H2,1H3,(H,16,19)(H,17,18). The Kier molecular flexibility index (Phi) is 5.28. The van der Waals surface area contributed by atoms with Crippen LogP contribution in [0.25, 0.3) is 0 Å². The molecule has 0 saturated carbocycles. The second-order valence-corrected chi connectivity index (χ2v) is 6.06. The van der Waals surface area contributed by atoms with Crippen LogP contribution in [0.2, 0.25) is 5.02 Å². The fourth-order valence-electron chi connectivity index (χ4n) is 1.84. The number of hydrogen-bond donors (Lipinski definition) is 3. The number of benzene rings is 1. The maximum absolute atomic E-state index is 11.8. The van der Waals surface area contributed by atoms with Gasteiger partial charge in [0.25, 0.3) is 0 Å². The van der Waals surface area contributed by atoms with Crippen molar-refractivity contribution in [2.24, 2.45) is 0 Å². The summed E-state index contributed by atoms with van der Waals surface area (Å²) in [6.07, 6.45) is 0.461. The highest BCUT2D eigenvalue weighted by Crippen LogP contribution is 2.21. The largest absolute Gasteiger partial charge is 0.332 e. The minimum absolute atomic E-state index is 0.000243. The highest BCUT2D eigenvalue weighted by atomic mass is 35.5. The van der Waals surface area contributed by atoms with Gasteiger partial charge in [-0.05, 0) is 19.1 Å². The summed E-state index contributed by atoms with van der Waals surface area (Å²) in [5.41, 5.74) is 0.358. The molecule has 1 aromatic carbocycles. The molecule has 2 rings (SSSR count). The second kappa shape index (κ2) is 6.97. The predicted molar refractivity (Wildman–Crippen MR) is 81.7 cm³/mol. The molecule has 5 nitrogen and oxygen atoms in total. The van der Waals surface area contributed by atoms with Gasteiger partial charge in [0, 0.05) is 12.5 Å². The molecule has 1 aliphatic rings. The summed E-state index contributed by atoms with van der Waals surface area (Å²) in [5.74, 6) is 0.0771. The summed E-state index contributed by atoms with van der Waals surface area (Å²) < 4.78 is 0. The monoisotopic (exact) mass is 313 g/mol. The molecule has 1 aromatic rings. The zero-order valence-corrected chi connectivity index (χ0v) is 12.6. The number of rotatable bonds is 4. The van der Waals surface area contributed by atoms with E-state index < -0.39 is 0 Å². The van der Waals surface area contributed by atoms with Gasteiger partial charge in [0.2, 0.25) is 11.8 Å². The first-order chi connectivity index (χ1) is 9.54. The zero-order chi connectivity index (χ0) is 14.5. The highest BCUT2D eigenvalue weighted by Gasteiger charge is 2.23. The average Bonchev–Trinajstić information content (AvgIpc) is 2.38. The van der Waals surface area contributed by atoms with Crippen LogP contribution in [0.15, 0.2) is 24.3 Å². The summed E-state index contributed by atoms with van der Waals surface area (Å²) in [4.78, 5) is 23.2. The van der Waals surface area contributed by atoms with Crippen LogP contribution in [-0.4, -0.2) is 29.1 Å². The number of amides is 2. The molecule has 0 spiro atoms. The van der Waals surface area contributed by atoms with Gasteiger partial charge in [-0.1, -0.05) is 23.7 Å². The fraction of sp³-hybridized carbons (Fsp3) is 0.385. The Hall–Kier alpha value is -1.24. The van der Waals surface area contributed by atoms with E-state index in [0.29, 0.717) is 17.1 Å². The van der Waals surface area contributed by atoms with Gasteiger partial charge in [0.15, 0.2) is 0 Å². The third-order valence-electron chi connectivity index (χ3n) is 2.75. The Morgan fingerprint density at radius 3 is 2.95 bits per heavy atom. The molecule has 1 aliphatic heterocycles. The zero-order valence-electron chi connectivity index (χ0n) is 11.0. The number of carbonyl (C=O) groups is 2. The van der Waals surface area contributed by atoms with Crippen LogP contribution in [0.5, 0.6) is 0 Å². The van der Waals surface area contributed by atoms with E-state index in [9.17, 15) is 9.59 Å². The van der Waals surface area contributed by atoms with Gasteiger partial charge in [-0.15, -0.1) is 11.8 Å². The topological polar surface area (TPSA) is 70.2 Å². The summed E-state index contributed by atoms with van der Waals surface area (Å²) in [6, 6.07) is 7.19. The Morgan fingerprint density at radius 1 is 1.50 bits per heavy atom. The van der Waals surface area contributed by atoms with Crippen molar-refractivity contribution in [2.45, 2.75) is 24.9 Å². The van der Waals surface area contributed by atoms with Crippen molar-refractivity contribution in [3.63, 3.8) is 0 Å². The fourth-order valence-corrected chi connectivity index (χ4v) is 2.96. The van der Waals surface area contributed by atoms with Gasteiger partial charge in [-0.2, -0.15) is 0 Å². The second-order valence-electron chi connectivity index (χ2n) is 4.56. The Morgan fingerprint density at radius 2 is 2.25 bits per heavy atom. The minimum Gasteiger partial charge on any atom is -0.332 e. The van der Waals surface area contributed by atoms with Gasteiger partial charge >= 0.3 is 0 Å². The van der Waals surface area contributed by atoms with Crippen LogP contribution in [0, 0.1) is 0 Å². The molecule has 1 heterocycles. The van der Waals surface area contributed by atoms with Crippen molar-refractivity contribution >= 4 is 40.9 Å². The quantitative estimate of drug-likeness (QED) is 0.792. The smallest absolute Gasteiger partial charge is 0.234 e.